The summed E-state index contributed by atoms with van der Waals surface area (Å²) < 4.78 is 0. The Labute approximate surface area is 82.5 Å². The van der Waals surface area contributed by atoms with Crippen molar-refractivity contribution < 1.29 is 0 Å². The fourth-order valence-electron chi connectivity index (χ4n) is 1.55. The van der Waals surface area contributed by atoms with Crippen LogP contribution in [0.3, 0.4) is 0 Å². The third kappa shape index (κ3) is 1.46. The van der Waals surface area contributed by atoms with Crippen LogP contribution in [-0.4, -0.2) is 0 Å². The summed E-state index contributed by atoms with van der Waals surface area (Å²) in [6.07, 6.45) is 3.90. The number of benzene rings is 1. The van der Waals surface area contributed by atoms with Gasteiger partial charge in [-0.05, 0) is 36.5 Å². The Kier molecular flexibility index (Phi) is 2.29. The van der Waals surface area contributed by atoms with Crippen molar-refractivity contribution in [3.8, 4) is 0 Å². The molecule has 0 radical (unpaired) electrons. The van der Waals surface area contributed by atoms with Gasteiger partial charge in [0.15, 0.2) is 0 Å². The highest BCUT2D eigenvalue weighted by Crippen LogP contribution is 2.40. The molecule has 0 amide bonds. The van der Waals surface area contributed by atoms with E-state index in [1.165, 1.54) is 24.8 Å². The lowest BCUT2D eigenvalue weighted by Gasteiger charge is -2.26. The molecule has 0 aromatic heterocycles. The zero-order valence-electron chi connectivity index (χ0n) is 6.69. The van der Waals surface area contributed by atoms with E-state index in [0.717, 1.165) is 10.0 Å². The molecular formula is C10H10Cl2. The van der Waals surface area contributed by atoms with Gasteiger partial charge >= 0.3 is 0 Å². The number of hydrogen-bond donors (Lipinski definition) is 0. The summed E-state index contributed by atoms with van der Waals surface area (Å²) in [5.74, 6) is 0.690. The van der Waals surface area contributed by atoms with Crippen LogP contribution in [0.1, 0.15) is 30.7 Å². The summed E-state index contributed by atoms with van der Waals surface area (Å²) in [5.41, 5.74) is 1.27. The van der Waals surface area contributed by atoms with Crippen LogP contribution in [-0.2, 0) is 0 Å². The average molecular weight is 201 g/mol. The lowest BCUT2D eigenvalue weighted by atomic mass is 9.80. The third-order valence-electron chi connectivity index (χ3n) is 2.51. The van der Waals surface area contributed by atoms with Crippen LogP contribution in [0.25, 0.3) is 0 Å². The molecule has 0 N–H and O–H groups in total. The first-order valence-electron chi connectivity index (χ1n) is 4.22. The highest BCUT2D eigenvalue weighted by Gasteiger charge is 2.21. The van der Waals surface area contributed by atoms with Crippen molar-refractivity contribution in [2.24, 2.45) is 0 Å². The Balaban J connectivity index is 2.31. The van der Waals surface area contributed by atoms with Gasteiger partial charge in [-0.1, -0.05) is 35.7 Å². The maximum Gasteiger partial charge on any atom is 0.0455 e. The smallest absolute Gasteiger partial charge is 0.0455 e. The Morgan fingerprint density at radius 2 is 1.92 bits per heavy atom. The normalized spacial score (nSPS) is 17.5. The first kappa shape index (κ1) is 8.40. The third-order valence-corrected chi connectivity index (χ3v) is 3.07. The molecule has 0 heterocycles. The molecule has 1 aliphatic rings. The fraction of sp³-hybridized carbons (Fsp3) is 0.400. The van der Waals surface area contributed by atoms with Crippen molar-refractivity contribution in [2.45, 2.75) is 25.2 Å². The average Bonchev–Trinajstić information content (AvgIpc) is 1.91. The summed E-state index contributed by atoms with van der Waals surface area (Å²) in [6.45, 7) is 0. The molecule has 0 bridgehead atoms. The van der Waals surface area contributed by atoms with Crippen molar-refractivity contribution >= 4 is 23.2 Å². The highest BCUT2D eigenvalue weighted by molar-refractivity contribution is 6.35. The van der Waals surface area contributed by atoms with Gasteiger partial charge in [0.1, 0.15) is 0 Å². The maximum absolute atomic E-state index is 6.05. The van der Waals surface area contributed by atoms with Crippen LogP contribution >= 0.6 is 23.2 Å². The number of hydrogen-bond acceptors (Lipinski definition) is 0. The van der Waals surface area contributed by atoms with Crippen molar-refractivity contribution in [1.82, 2.24) is 0 Å². The summed E-state index contributed by atoms with van der Waals surface area (Å²) in [5, 5.41) is 1.55. The summed E-state index contributed by atoms with van der Waals surface area (Å²) >= 11 is 11.9. The predicted octanol–water partition coefficient (Wildman–Crippen LogP) is 4.26. The second kappa shape index (κ2) is 3.27. The minimum atomic E-state index is 0.690. The topological polar surface area (TPSA) is 0 Å². The zero-order chi connectivity index (χ0) is 8.55. The monoisotopic (exact) mass is 200 g/mol. The molecule has 0 aliphatic heterocycles. The highest BCUT2D eigenvalue weighted by atomic mass is 35.5. The SMILES string of the molecule is Clc1ccc(C2CCC2)c(Cl)c1. The Bertz CT molecular complexity index is 290. The van der Waals surface area contributed by atoms with Crippen LogP contribution < -0.4 is 0 Å². The minimum absolute atomic E-state index is 0.690. The molecule has 0 spiro atoms. The maximum atomic E-state index is 6.05. The largest absolute Gasteiger partial charge is 0.0843 e. The van der Waals surface area contributed by atoms with E-state index in [9.17, 15) is 0 Å². The molecule has 1 saturated carbocycles. The van der Waals surface area contributed by atoms with Crippen LogP contribution in [0.4, 0.5) is 0 Å². The zero-order valence-corrected chi connectivity index (χ0v) is 8.20. The van der Waals surface area contributed by atoms with Gasteiger partial charge in [0.2, 0.25) is 0 Å². The molecule has 0 unspecified atom stereocenters. The molecule has 1 aliphatic carbocycles. The Morgan fingerprint density at radius 3 is 2.42 bits per heavy atom. The lowest BCUT2D eigenvalue weighted by molar-refractivity contribution is 0.420. The van der Waals surface area contributed by atoms with E-state index in [4.69, 9.17) is 23.2 Å². The first-order valence-corrected chi connectivity index (χ1v) is 4.98. The van der Waals surface area contributed by atoms with E-state index in [-0.39, 0.29) is 0 Å². The van der Waals surface area contributed by atoms with Gasteiger partial charge in [0, 0.05) is 10.0 Å². The number of halogens is 2. The van der Waals surface area contributed by atoms with E-state index >= 15 is 0 Å². The van der Waals surface area contributed by atoms with Gasteiger partial charge in [-0.15, -0.1) is 0 Å². The number of rotatable bonds is 1. The fourth-order valence-corrected chi connectivity index (χ4v) is 2.11. The van der Waals surface area contributed by atoms with Gasteiger partial charge in [-0.2, -0.15) is 0 Å². The molecule has 1 aromatic carbocycles. The molecule has 1 aromatic rings. The van der Waals surface area contributed by atoms with Gasteiger partial charge in [0.25, 0.3) is 0 Å². The van der Waals surface area contributed by atoms with Crippen LogP contribution in [0.15, 0.2) is 18.2 Å². The van der Waals surface area contributed by atoms with Crippen molar-refractivity contribution in [3.63, 3.8) is 0 Å². The van der Waals surface area contributed by atoms with E-state index in [0.29, 0.717) is 5.92 Å². The van der Waals surface area contributed by atoms with Gasteiger partial charge in [0.05, 0.1) is 0 Å². The van der Waals surface area contributed by atoms with E-state index in [1.807, 2.05) is 12.1 Å². The molecular weight excluding hydrogens is 191 g/mol. The predicted molar refractivity (Wildman–Crippen MR) is 53.1 cm³/mol. The van der Waals surface area contributed by atoms with E-state index < -0.39 is 0 Å². The summed E-state index contributed by atoms with van der Waals surface area (Å²) in [6, 6.07) is 5.80. The molecule has 64 valence electrons. The van der Waals surface area contributed by atoms with Crippen molar-refractivity contribution in [2.75, 3.05) is 0 Å². The van der Waals surface area contributed by atoms with Crippen molar-refractivity contribution in [1.29, 1.82) is 0 Å². The van der Waals surface area contributed by atoms with Gasteiger partial charge in [-0.25, -0.2) is 0 Å². The quantitative estimate of drug-likeness (QED) is 0.636. The molecule has 0 saturated heterocycles. The van der Waals surface area contributed by atoms with Crippen LogP contribution in [0.2, 0.25) is 10.0 Å². The minimum Gasteiger partial charge on any atom is -0.0843 e. The van der Waals surface area contributed by atoms with Gasteiger partial charge < -0.3 is 0 Å². The molecule has 2 heteroatoms. The molecule has 0 atom stereocenters. The first-order chi connectivity index (χ1) is 5.77. The van der Waals surface area contributed by atoms with Crippen LogP contribution in [0, 0.1) is 0 Å². The molecule has 2 rings (SSSR count). The Hall–Kier alpha value is -0.200. The second-order valence-corrected chi connectivity index (χ2v) is 4.14. The van der Waals surface area contributed by atoms with E-state index in [2.05, 4.69) is 6.07 Å². The molecule has 12 heavy (non-hydrogen) atoms. The van der Waals surface area contributed by atoms with Crippen molar-refractivity contribution in [3.05, 3.63) is 33.8 Å². The summed E-state index contributed by atoms with van der Waals surface area (Å²) in [4.78, 5) is 0. The van der Waals surface area contributed by atoms with E-state index in [1.54, 1.807) is 0 Å². The van der Waals surface area contributed by atoms with Crippen LogP contribution in [0.5, 0.6) is 0 Å². The molecule has 0 nitrogen and oxygen atoms in total. The summed E-state index contributed by atoms with van der Waals surface area (Å²) in [7, 11) is 0. The Morgan fingerprint density at radius 1 is 1.17 bits per heavy atom. The van der Waals surface area contributed by atoms with Gasteiger partial charge in [-0.3, -0.25) is 0 Å². The standard InChI is InChI=1S/C10H10Cl2/c11-8-4-5-9(10(12)6-8)7-2-1-3-7/h4-7H,1-3H2. The second-order valence-electron chi connectivity index (χ2n) is 3.29. The lowest BCUT2D eigenvalue weighted by Crippen LogP contribution is -2.08. The molecule has 1 fully saturated rings.